The second-order valence-corrected chi connectivity index (χ2v) is 3.29. The number of hydrogen-bond donors (Lipinski definition) is 2. The quantitative estimate of drug-likeness (QED) is 0.661. The molecule has 6 heteroatoms. The lowest BCUT2D eigenvalue weighted by atomic mass is 10.4. The highest BCUT2D eigenvalue weighted by Gasteiger charge is 2.01. The minimum Gasteiger partial charge on any atom is -0.355 e. The molecule has 0 unspecified atom stereocenters. The van der Waals surface area contributed by atoms with E-state index >= 15 is 0 Å². The average molecular weight is 211 g/mol. The van der Waals surface area contributed by atoms with E-state index in [2.05, 4.69) is 20.7 Å². The number of nitrogens with zero attached hydrogens (tertiary/aromatic N) is 3. The summed E-state index contributed by atoms with van der Waals surface area (Å²) in [7, 11) is 1.81. The summed E-state index contributed by atoms with van der Waals surface area (Å²) in [5.74, 6) is 0.702. The number of rotatable bonds is 6. The molecular formula is C9H17N5O. The van der Waals surface area contributed by atoms with Gasteiger partial charge in [0.15, 0.2) is 5.82 Å². The van der Waals surface area contributed by atoms with Crippen molar-refractivity contribution in [1.82, 2.24) is 25.4 Å². The van der Waals surface area contributed by atoms with Crippen LogP contribution in [0.3, 0.4) is 0 Å². The van der Waals surface area contributed by atoms with Gasteiger partial charge in [-0.25, -0.2) is 4.98 Å². The van der Waals surface area contributed by atoms with Gasteiger partial charge in [-0.15, -0.1) is 0 Å². The van der Waals surface area contributed by atoms with Gasteiger partial charge < -0.3 is 10.6 Å². The molecule has 0 atom stereocenters. The fraction of sp³-hybridized carbons (Fsp3) is 0.667. The largest absolute Gasteiger partial charge is 0.355 e. The fourth-order valence-electron chi connectivity index (χ4n) is 1.08. The van der Waals surface area contributed by atoms with E-state index in [4.69, 9.17) is 0 Å². The summed E-state index contributed by atoms with van der Waals surface area (Å²) >= 11 is 0. The highest BCUT2D eigenvalue weighted by Crippen LogP contribution is 1.85. The molecule has 0 aromatic carbocycles. The molecular weight excluding hydrogens is 194 g/mol. The molecule has 0 radical (unpaired) electrons. The van der Waals surface area contributed by atoms with Crippen LogP contribution in [0.1, 0.15) is 19.2 Å². The summed E-state index contributed by atoms with van der Waals surface area (Å²) < 4.78 is 1.63. The minimum atomic E-state index is 0.00720. The molecule has 1 heterocycles. The molecule has 0 aliphatic heterocycles. The monoisotopic (exact) mass is 211 g/mol. The van der Waals surface area contributed by atoms with Crippen LogP contribution in [-0.2, 0) is 18.4 Å². The molecule has 1 aromatic heterocycles. The Balaban J connectivity index is 2.13. The van der Waals surface area contributed by atoms with Crippen molar-refractivity contribution in [3.05, 3.63) is 12.2 Å². The molecule has 0 aliphatic rings. The third kappa shape index (κ3) is 4.55. The smallest absolute Gasteiger partial charge is 0.233 e. The van der Waals surface area contributed by atoms with Crippen LogP contribution in [0.25, 0.3) is 0 Å². The molecule has 0 fully saturated rings. The molecule has 0 bridgehead atoms. The molecule has 1 rings (SSSR count). The number of aryl methyl sites for hydroxylation is 1. The van der Waals surface area contributed by atoms with Crippen molar-refractivity contribution in [3.8, 4) is 0 Å². The first-order valence-corrected chi connectivity index (χ1v) is 5.04. The number of hydrogen-bond acceptors (Lipinski definition) is 4. The molecule has 0 saturated heterocycles. The molecule has 0 spiro atoms. The molecule has 15 heavy (non-hydrogen) atoms. The predicted molar refractivity (Wildman–Crippen MR) is 56.0 cm³/mol. The van der Waals surface area contributed by atoms with Gasteiger partial charge in [0.1, 0.15) is 6.33 Å². The van der Waals surface area contributed by atoms with Crippen LogP contribution in [-0.4, -0.2) is 33.8 Å². The van der Waals surface area contributed by atoms with E-state index in [9.17, 15) is 4.79 Å². The van der Waals surface area contributed by atoms with E-state index in [0.29, 0.717) is 18.9 Å². The van der Waals surface area contributed by atoms with Gasteiger partial charge in [-0.1, -0.05) is 6.92 Å². The second kappa shape index (κ2) is 6.13. The highest BCUT2D eigenvalue weighted by atomic mass is 16.1. The number of carbonyl (C=O) groups is 1. The van der Waals surface area contributed by atoms with Gasteiger partial charge >= 0.3 is 0 Å². The Morgan fingerprint density at radius 2 is 2.40 bits per heavy atom. The molecule has 1 amide bonds. The summed E-state index contributed by atoms with van der Waals surface area (Å²) in [5.41, 5.74) is 0. The van der Waals surface area contributed by atoms with E-state index in [1.165, 1.54) is 0 Å². The standard InChI is InChI=1S/C9H17N5O/c1-3-4-11-9(15)6-10-5-8-12-7-14(2)13-8/h7,10H,3-6H2,1-2H3,(H,11,15). The highest BCUT2D eigenvalue weighted by molar-refractivity contribution is 5.77. The Morgan fingerprint density at radius 1 is 1.60 bits per heavy atom. The maximum Gasteiger partial charge on any atom is 0.233 e. The van der Waals surface area contributed by atoms with Crippen molar-refractivity contribution in [1.29, 1.82) is 0 Å². The molecule has 84 valence electrons. The van der Waals surface area contributed by atoms with Crippen molar-refractivity contribution in [3.63, 3.8) is 0 Å². The van der Waals surface area contributed by atoms with Crippen LogP contribution < -0.4 is 10.6 Å². The number of nitrogens with one attached hydrogen (secondary N) is 2. The predicted octanol–water partition coefficient (Wildman–Crippen LogP) is -0.569. The molecule has 2 N–H and O–H groups in total. The average Bonchev–Trinajstić information content (AvgIpc) is 2.61. The van der Waals surface area contributed by atoms with E-state index in [0.717, 1.165) is 13.0 Å². The van der Waals surface area contributed by atoms with Crippen LogP contribution in [0.2, 0.25) is 0 Å². The van der Waals surface area contributed by atoms with Gasteiger partial charge in [0.2, 0.25) is 5.91 Å². The Labute approximate surface area is 89.1 Å². The van der Waals surface area contributed by atoms with E-state index in [1.54, 1.807) is 11.0 Å². The van der Waals surface area contributed by atoms with Gasteiger partial charge in [0, 0.05) is 13.6 Å². The second-order valence-electron chi connectivity index (χ2n) is 3.29. The van der Waals surface area contributed by atoms with Crippen molar-refractivity contribution in [2.45, 2.75) is 19.9 Å². The van der Waals surface area contributed by atoms with Crippen LogP contribution in [0, 0.1) is 0 Å². The van der Waals surface area contributed by atoms with Gasteiger partial charge in [-0.2, -0.15) is 5.10 Å². The summed E-state index contributed by atoms with van der Waals surface area (Å²) in [5, 5.41) is 9.83. The van der Waals surface area contributed by atoms with E-state index < -0.39 is 0 Å². The van der Waals surface area contributed by atoms with Crippen molar-refractivity contribution >= 4 is 5.91 Å². The maximum atomic E-state index is 11.2. The Morgan fingerprint density at radius 3 is 3.00 bits per heavy atom. The normalized spacial score (nSPS) is 10.3. The number of carbonyl (C=O) groups excluding carboxylic acids is 1. The van der Waals surface area contributed by atoms with Gasteiger partial charge in [0.25, 0.3) is 0 Å². The molecule has 0 saturated carbocycles. The maximum absolute atomic E-state index is 11.2. The van der Waals surface area contributed by atoms with E-state index in [-0.39, 0.29) is 5.91 Å². The number of amides is 1. The van der Waals surface area contributed by atoms with Gasteiger partial charge in [-0.05, 0) is 6.42 Å². The third-order valence-electron chi connectivity index (χ3n) is 1.79. The lowest BCUT2D eigenvalue weighted by molar-refractivity contribution is -0.120. The van der Waals surface area contributed by atoms with Crippen molar-refractivity contribution in [2.24, 2.45) is 7.05 Å². The van der Waals surface area contributed by atoms with E-state index in [1.807, 2.05) is 14.0 Å². The summed E-state index contributed by atoms with van der Waals surface area (Å²) in [4.78, 5) is 15.2. The zero-order chi connectivity index (χ0) is 11.1. The lowest BCUT2D eigenvalue weighted by Crippen LogP contribution is -2.34. The summed E-state index contributed by atoms with van der Waals surface area (Å²) in [6, 6.07) is 0. The lowest BCUT2D eigenvalue weighted by Gasteiger charge is -2.03. The van der Waals surface area contributed by atoms with Crippen LogP contribution in [0.5, 0.6) is 0 Å². The van der Waals surface area contributed by atoms with Gasteiger partial charge in [-0.3, -0.25) is 9.48 Å². The zero-order valence-corrected chi connectivity index (χ0v) is 9.16. The fourth-order valence-corrected chi connectivity index (χ4v) is 1.08. The summed E-state index contributed by atoms with van der Waals surface area (Å²) in [6.45, 7) is 3.56. The first kappa shape index (κ1) is 11.6. The zero-order valence-electron chi connectivity index (χ0n) is 9.16. The number of aromatic nitrogens is 3. The molecule has 6 nitrogen and oxygen atoms in total. The van der Waals surface area contributed by atoms with Crippen LogP contribution in [0.4, 0.5) is 0 Å². The van der Waals surface area contributed by atoms with Crippen molar-refractivity contribution < 1.29 is 4.79 Å². The van der Waals surface area contributed by atoms with Crippen molar-refractivity contribution in [2.75, 3.05) is 13.1 Å². The molecule has 0 aliphatic carbocycles. The van der Waals surface area contributed by atoms with Crippen LogP contribution >= 0.6 is 0 Å². The minimum absolute atomic E-state index is 0.00720. The van der Waals surface area contributed by atoms with Gasteiger partial charge in [0.05, 0.1) is 13.1 Å². The Kier molecular flexibility index (Phi) is 4.76. The third-order valence-corrected chi connectivity index (χ3v) is 1.79. The molecule has 1 aromatic rings. The topological polar surface area (TPSA) is 71.8 Å². The Bertz CT molecular complexity index is 309. The first-order chi connectivity index (χ1) is 7.22. The van der Waals surface area contributed by atoms with Crippen LogP contribution in [0.15, 0.2) is 6.33 Å². The SMILES string of the molecule is CCCNC(=O)CNCc1ncn(C)n1. The first-order valence-electron chi connectivity index (χ1n) is 5.04. The summed E-state index contributed by atoms with van der Waals surface area (Å²) in [6.07, 6.45) is 2.59. The Hall–Kier alpha value is -1.43.